The van der Waals surface area contributed by atoms with Crippen LogP contribution in [0, 0.1) is 5.92 Å². The Bertz CT molecular complexity index is 666. The van der Waals surface area contributed by atoms with Crippen molar-refractivity contribution in [3.05, 3.63) is 41.5 Å². The molecule has 4 nitrogen and oxygen atoms in total. The molecule has 1 aromatic rings. The van der Waals surface area contributed by atoms with E-state index in [2.05, 4.69) is 5.32 Å². The fourth-order valence-corrected chi connectivity index (χ4v) is 3.62. The van der Waals surface area contributed by atoms with Gasteiger partial charge in [0, 0.05) is 18.5 Å². The minimum absolute atomic E-state index is 0.0616. The fourth-order valence-electron chi connectivity index (χ4n) is 2.05. The first kappa shape index (κ1) is 16.5. The summed E-state index contributed by atoms with van der Waals surface area (Å²) in [5.41, 5.74) is -0.283. The Kier molecular flexibility index (Phi) is 4.60. The lowest BCUT2D eigenvalue weighted by Gasteiger charge is -2.25. The van der Waals surface area contributed by atoms with Crippen molar-refractivity contribution in [1.82, 2.24) is 5.32 Å². The fraction of sp³-hybridized carbons (Fsp3) is 0.357. The van der Waals surface area contributed by atoms with E-state index in [0.29, 0.717) is 5.56 Å². The number of benzene rings is 1. The largest absolute Gasteiger partial charge is 0.416 e. The standard InChI is InChI=1S/C14H14F3NO3S/c15-14(16,17)12-4-1-10(2-5-12)3-6-13(19)18-7-11-8-22(20,21)9-11/h1-6,11H,7-9H2,(H,18,19). The average molecular weight is 333 g/mol. The van der Waals surface area contributed by atoms with Gasteiger partial charge in [-0.3, -0.25) is 4.79 Å². The summed E-state index contributed by atoms with van der Waals surface area (Å²) in [6.07, 6.45) is -1.79. The van der Waals surface area contributed by atoms with Gasteiger partial charge in [-0.05, 0) is 23.8 Å². The topological polar surface area (TPSA) is 63.2 Å². The maximum Gasteiger partial charge on any atom is 0.416 e. The summed E-state index contributed by atoms with van der Waals surface area (Å²) >= 11 is 0. The third kappa shape index (κ3) is 4.59. The number of hydrogen-bond donors (Lipinski definition) is 1. The first-order chi connectivity index (χ1) is 10.2. The van der Waals surface area contributed by atoms with Crippen LogP contribution in [0.15, 0.2) is 30.3 Å². The molecule has 1 aliphatic heterocycles. The lowest BCUT2D eigenvalue weighted by Crippen LogP contribution is -2.43. The van der Waals surface area contributed by atoms with E-state index in [-0.39, 0.29) is 24.0 Å². The van der Waals surface area contributed by atoms with Crippen molar-refractivity contribution in [1.29, 1.82) is 0 Å². The molecule has 0 atom stereocenters. The number of rotatable bonds is 4. The van der Waals surface area contributed by atoms with Gasteiger partial charge < -0.3 is 5.32 Å². The molecule has 0 aromatic heterocycles. The van der Waals surface area contributed by atoms with Crippen LogP contribution in [0.1, 0.15) is 11.1 Å². The van der Waals surface area contributed by atoms with Crippen molar-refractivity contribution in [2.24, 2.45) is 5.92 Å². The van der Waals surface area contributed by atoms with E-state index in [1.165, 1.54) is 24.3 Å². The average Bonchev–Trinajstić information content (AvgIpc) is 2.40. The number of halogens is 3. The van der Waals surface area contributed by atoms with Crippen molar-refractivity contribution < 1.29 is 26.4 Å². The molecule has 8 heteroatoms. The molecule has 1 aromatic carbocycles. The Hall–Kier alpha value is -1.83. The number of alkyl halides is 3. The van der Waals surface area contributed by atoms with Gasteiger partial charge in [-0.25, -0.2) is 8.42 Å². The van der Waals surface area contributed by atoms with Crippen LogP contribution < -0.4 is 5.32 Å². The zero-order valence-electron chi connectivity index (χ0n) is 11.4. The normalized spacial score (nSPS) is 18.1. The highest BCUT2D eigenvalue weighted by Gasteiger charge is 2.33. The van der Waals surface area contributed by atoms with E-state index < -0.39 is 27.5 Å². The van der Waals surface area contributed by atoms with Gasteiger partial charge in [-0.15, -0.1) is 0 Å². The summed E-state index contributed by atoms with van der Waals surface area (Å²) in [5, 5.41) is 2.56. The van der Waals surface area contributed by atoms with Gasteiger partial charge in [0.05, 0.1) is 17.1 Å². The van der Waals surface area contributed by atoms with Crippen LogP contribution in [0.3, 0.4) is 0 Å². The smallest absolute Gasteiger partial charge is 0.352 e. The van der Waals surface area contributed by atoms with E-state index in [1.807, 2.05) is 0 Å². The van der Waals surface area contributed by atoms with E-state index in [1.54, 1.807) is 0 Å². The van der Waals surface area contributed by atoms with Crippen molar-refractivity contribution in [3.63, 3.8) is 0 Å². The second-order valence-electron chi connectivity index (χ2n) is 5.14. The predicted octanol–water partition coefficient (Wildman–Crippen LogP) is 1.88. The van der Waals surface area contributed by atoms with Crippen LogP contribution in [0.4, 0.5) is 13.2 Å². The summed E-state index contributed by atoms with van der Waals surface area (Å²) in [5.74, 6) is -0.316. The highest BCUT2D eigenvalue weighted by Crippen LogP contribution is 2.29. The van der Waals surface area contributed by atoms with Gasteiger partial charge in [0.1, 0.15) is 0 Å². The molecule has 0 aliphatic carbocycles. The van der Waals surface area contributed by atoms with Crippen molar-refractivity contribution in [2.45, 2.75) is 6.18 Å². The van der Waals surface area contributed by atoms with Crippen LogP contribution >= 0.6 is 0 Å². The summed E-state index contributed by atoms with van der Waals surface area (Å²) in [7, 11) is -2.91. The SMILES string of the molecule is O=C(C=Cc1ccc(C(F)(F)F)cc1)NCC1CS(=O)(=O)C1. The highest BCUT2D eigenvalue weighted by molar-refractivity contribution is 7.92. The number of amides is 1. The molecule has 1 fully saturated rings. The van der Waals surface area contributed by atoms with Gasteiger partial charge in [-0.1, -0.05) is 12.1 Å². The van der Waals surface area contributed by atoms with Gasteiger partial charge in [0.25, 0.3) is 0 Å². The maximum atomic E-state index is 12.4. The second-order valence-corrected chi connectivity index (χ2v) is 7.29. The molecule has 1 N–H and O–H groups in total. The molecule has 1 saturated heterocycles. The van der Waals surface area contributed by atoms with Gasteiger partial charge >= 0.3 is 6.18 Å². The van der Waals surface area contributed by atoms with Gasteiger partial charge in [0.2, 0.25) is 5.91 Å². The lowest BCUT2D eigenvalue weighted by atomic mass is 10.1. The van der Waals surface area contributed by atoms with Crippen LogP contribution in [0.2, 0.25) is 0 Å². The number of nitrogens with one attached hydrogen (secondary N) is 1. The maximum absolute atomic E-state index is 12.4. The number of hydrogen-bond acceptors (Lipinski definition) is 3. The first-order valence-corrected chi connectivity index (χ1v) is 8.31. The Morgan fingerprint density at radius 1 is 1.23 bits per heavy atom. The molecule has 0 saturated carbocycles. The van der Waals surface area contributed by atoms with Gasteiger partial charge in [0.15, 0.2) is 9.84 Å². The molecule has 2 rings (SSSR count). The zero-order valence-corrected chi connectivity index (χ0v) is 12.2. The van der Waals surface area contributed by atoms with E-state index in [4.69, 9.17) is 0 Å². The van der Waals surface area contributed by atoms with Crippen LogP contribution in [-0.2, 0) is 20.8 Å². The molecule has 0 radical (unpaired) electrons. The Labute approximate surface area is 125 Å². The summed E-state index contributed by atoms with van der Waals surface area (Å²) in [6, 6.07) is 4.42. The van der Waals surface area contributed by atoms with Crippen LogP contribution in [0.25, 0.3) is 6.08 Å². The third-order valence-corrected chi connectivity index (χ3v) is 5.17. The van der Waals surface area contributed by atoms with E-state index in [9.17, 15) is 26.4 Å². The second kappa shape index (κ2) is 6.12. The Balaban J connectivity index is 1.82. The third-order valence-electron chi connectivity index (χ3n) is 3.21. The van der Waals surface area contributed by atoms with E-state index >= 15 is 0 Å². The molecule has 120 valence electrons. The highest BCUT2D eigenvalue weighted by atomic mass is 32.2. The molecule has 1 aliphatic rings. The van der Waals surface area contributed by atoms with Crippen LogP contribution in [-0.4, -0.2) is 32.4 Å². The van der Waals surface area contributed by atoms with Crippen LogP contribution in [0.5, 0.6) is 0 Å². The zero-order chi connectivity index (χ0) is 16.4. The molecule has 0 unspecified atom stereocenters. The molecular formula is C14H14F3NO3S. The minimum atomic E-state index is -4.39. The lowest BCUT2D eigenvalue weighted by molar-refractivity contribution is -0.137. The number of carbonyl (C=O) groups is 1. The Morgan fingerprint density at radius 2 is 1.82 bits per heavy atom. The summed E-state index contributed by atoms with van der Waals surface area (Å²) < 4.78 is 59.0. The molecule has 0 spiro atoms. The van der Waals surface area contributed by atoms with Crippen molar-refractivity contribution >= 4 is 21.8 Å². The predicted molar refractivity (Wildman–Crippen MR) is 75.6 cm³/mol. The summed E-state index contributed by atoms with van der Waals surface area (Å²) in [6.45, 7) is 0.273. The molecule has 22 heavy (non-hydrogen) atoms. The number of carbonyl (C=O) groups excluding carboxylic acids is 1. The molecule has 1 heterocycles. The van der Waals surface area contributed by atoms with Gasteiger partial charge in [-0.2, -0.15) is 13.2 Å². The first-order valence-electron chi connectivity index (χ1n) is 6.49. The Morgan fingerprint density at radius 3 is 2.32 bits per heavy atom. The minimum Gasteiger partial charge on any atom is -0.352 e. The quantitative estimate of drug-likeness (QED) is 0.856. The summed E-state index contributed by atoms with van der Waals surface area (Å²) in [4.78, 5) is 11.5. The molecule has 1 amide bonds. The molecule has 0 bridgehead atoms. The monoisotopic (exact) mass is 333 g/mol. The van der Waals surface area contributed by atoms with E-state index in [0.717, 1.165) is 12.1 Å². The van der Waals surface area contributed by atoms with Crippen molar-refractivity contribution in [2.75, 3.05) is 18.1 Å². The number of sulfone groups is 1. The van der Waals surface area contributed by atoms with Crippen molar-refractivity contribution in [3.8, 4) is 0 Å². The molecular weight excluding hydrogens is 319 g/mol.